The van der Waals surface area contributed by atoms with Crippen LogP contribution in [0.4, 0.5) is 5.69 Å². The van der Waals surface area contributed by atoms with Crippen molar-refractivity contribution >= 4 is 11.6 Å². The Hall–Kier alpha value is -2.73. The van der Waals surface area contributed by atoms with Crippen molar-refractivity contribution in [3.05, 3.63) is 59.7 Å². The van der Waals surface area contributed by atoms with Gasteiger partial charge in [0, 0.05) is 11.3 Å². The minimum atomic E-state index is -0.215. The van der Waals surface area contributed by atoms with E-state index in [4.69, 9.17) is 11.2 Å². The molecular weight excluding hydrogens is 274 g/mol. The van der Waals surface area contributed by atoms with Gasteiger partial charge in [-0.2, -0.15) is 0 Å². The third-order valence-corrected chi connectivity index (χ3v) is 3.21. The number of hydrogen-bond donors (Lipinski definition) is 1. The van der Waals surface area contributed by atoms with Gasteiger partial charge in [-0.25, -0.2) is 0 Å². The number of hydrogen-bond acceptors (Lipinski definition) is 2. The molecule has 112 valence electrons. The highest BCUT2D eigenvalue weighted by molar-refractivity contribution is 5.92. The predicted octanol–water partition coefficient (Wildman–Crippen LogP) is 3.81. The van der Waals surface area contributed by atoms with Crippen molar-refractivity contribution in [2.75, 3.05) is 11.9 Å². The third kappa shape index (κ3) is 4.13. The molecule has 0 bridgehead atoms. The standard InChI is InChI=1S/C19H19NO2/c1-4-15-8-7-9-16(12-15)20-19(21)13-22-18-11-6-5-10-17(18)14(2)3/h1,5-12,14H,13H2,2-3H3,(H,20,21). The second kappa shape index (κ2) is 7.33. The van der Waals surface area contributed by atoms with Gasteiger partial charge < -0.3 is 10.1 Å². The number of nitrogens with one attached hydrogen (secondary N) is 1. The van der Waals surface area contributed by atoms with Gasteiger partial charge in [-0.15, -0.1) is 6.42 Å². The zero-order valence-corrected chi connectivity index (χ0v) is 12.8. The molecule has 0 fully saturated rings. The number of benzene rings is 2. The number of anilines is 1. The first-order chi connectivity index (χ1) is 10.6. The van der Waals surface area contributed by atoms with Crippen molar-refractivity contribution in [3.63, 3.8) is 0 Å². The summed E-state index contributed by atoms with van der Waals surface area (Å²) in [5.41, 5.74) is 2.48. The van der Waals surface area contributed by atoms with Crippen LogP contribution >= 0.6 is 0 Å². The number of para-hydroxylation sites is 1. The van der Waals surface area contributed by atoms with Crippen molar-refractivity contribution in [1.82, 2.24) is 0 Å². The fourth-order valence-electron chi connectivity index (χ4n) is 2.12. The number of ether oxygens (including phenoxy) is 1. The molecule has 0 aliphatic rings. The zero-order chi connectivity index (χ0) is 15.9. The van der Waals surface area contributed by atoms with Gasteiger partial charge in [0.25, 0.3) is 5.91 Å². The Morgan fingerprint density at radius 1 is 1.23 bits per heavy atom. The summed E-state index contributed by atoms with van der Waals surface area (Å²) in [7, 11) is 0. The smallest absolute Gasteiger partial charge is 0.262 e. The van der Waals surface area contributed by atoms with Crippen molar-refractivity contribution < 1.29 is 9.53 Å². The predicted molar refractivity (Wildman–Crippen MR) is 89.0 cm³/mol. The molecule has 0 heterocycles. The minimum Gasteiger partial charge on any atom is -0.483 e. The lowest BCUT2D eigenvalue weighted by Gasteiger charge is -2.13. The molecule has 3 heteroatoms. The Balaban J connectivity index is 1.97. The lowest BCUT2D eigenvalue weighted by Crippen LogP contribution is -2.20. The van der Waals surface area contributed by atoms with Crippen LogP contribution in [-0.2, 0) is 4.79 Å². The lowest BCUT2D eigenvalue weighted by molar-refractivity contribution is -0.118. The number of carbonyl (C=O) groups excluding carboxylic acids is 1. The highest BCUT2D eigenvalue weighted by Crippen LogP contribution is 2.25. The Labute approximate surface area is 131 Å². The Morgan fingerprint density at radius 3 is 2.73 bits per heavy atom. The van der Waals surface area contributed by atoms with Gasteiger partial charge in [0.05, 0.1) is 0 Å². The molecule has 22 heavy (non-hydrogen) atoms. The van der Waals surface area contributed by atoms with E-state index in [0.717, 1.165) is 16.9 Å². The molecule has 0 radical (unpaired) electrons. The van der Waals surface area contributed by atoms with Gasteiger partial charge in [0.2, 0.25) is 0 Å². The van der Waals surface area contributed by atoms with Crippen LogP contribution in [0.25, 0.3) is 0 Å². The highest BCUT2D eigenvalue weighted by atomic mass is 16.5. The molecule has 0 spiro atoms. The van der Waals surface area contributed by atoms with E-state index in [1.54, 1.807) is 18.2 Å². The minimum absolute atomic E-state index is 0.0377. The van der Waals surface area contributed by atoms with Crippen LogP contribution < -0.4 is 10.1 Å². The maximum absolute atomic E-state index is 12.0. The average molecular weight is 293 g/mol. The average Bonchev–Trinajstić information content (AvgIpc) is 2.53. The molecule has 0 saturated carbocycles. The molecule has 1 N–H and O–H groups in total. The number of amides is 1. The first-order valence-corrected chi connectivity index (χ1v) is 7.18. The van der Waals surface area contributed by atoms with Gasteiger partial charge >= 0.3 is 0 Å². The van der Waals surface area contributed by atoms with Gasteiger partial charge in [0.1, 0.15) is 5.75 Å². The van der Waals surface area contributed by atoms with Gasteiger partial charge in [0.15, 0.2) is 6.61 Å². The van der Waals surface area contributed by atoms with Crippen molar-refractivity contribution in [3.8, 4) is 18.1 Å². The second-order valence-electron chi connectivity index (χ2n) is 5.25. The highest BCUT2D eigenvalue weighted by Gasteiger charge is 2.09. The SMILES string of the molecule is C#Cc1cccc(NC(=O)COc2ccccc2C(C)C)c1. The Morgan fingerprint density at radius 2 is 2.00 bits per heavy atom. The Kier molecular flexibility index (Phi) is 5.21. The normalized spacial score (nSPS) is 10.1. The van der Waals surface area contributed by atoms with Gasteiger partial charge in [-0.3, -0.25) is 4.79 Å². The topological polar surface area (TPSA) is 38.3 Å². The number of terminal acetylenes is 1. The molecule has 1 amide bonds. The third-order valence-electron chi connectivity index (χ3n) is 3.21. The largest absolute Gasteiger partial charge is 0.483 e. The summed E-state index contributed by atoms with van der Waals surface area (Å²) in [4.78, 5) is 12.0. The van der Waals surface area contributed by atoms with Gasteiger partial charge in [-0.1, -0.05) is 44.0 Å². The van der Waals surface area contributed by atoms with Crippen LogP contribution in [0.3, 0.4) is 0 Å². The number of rotatable bonds is 5. The van der Waals surface area contributed by atoms with E-state index < -0.39 is 0 Å². The number of carbonyl (C=O) groups is 1. The molecule has 3 nitrogen and oxygen atoms in total. The first kappa shape index (κ1) is 15.7. The molecule has 0 unspecified atom stereocenters. The molecule has 2 aromatic carbocycles. The molecule has 0 aromatic heterocycles. The molecule has 0 aliphatic carbocycles. The van der Waals surface area contributed by atoms with E-state index in [2.05, 4.69) is 25.1 Å². The van der Waals surface area contributed by atoms with E-state index >= 15 is 0 Å². The summed E-state index contributed by atoms with van der Waals surface area (Å²) in [5, 5.41) is 2.78. The second-order valence-corrected chi connectivity index (χ2v) is 5.25. The molecule has 2 aromatic rings. The monoisotopic (exact) mass is 293 g/mol. The summed E-state index contributed by atoms with van der Waals surface area (Å²) < 4.78 is 5.64. The summed E-state index contributed by atoms with van der Waals surface area (Å²) in [6, 6.07) is 14.9. The fourth-order valence-corrected chi connectivity index (χ4v) is 2.12. The van der Waals surface area contributed by atoms with Crippen LogP contribution in [0.1, 0.15) is 30.9 Å². The first-order valence-electron chi connectivity index (χ1n) is 7.18. The van der Waals surface area contributed by atoms with Crippen LogP contribution in [0.5, 0.6) is 5.75 Å². The molecular formula is C19H19NO2. The molecule has 0 saturated heterocycles. The quantitative estimate of drug-likeness (QED) is 0.851. The summed E-state index contributed by atoms with van der Waals surface area (Å²) in [5.74, 6) is 3.40. The summed E-state index contributed by atoms with van der Waals surface area (Å²) in [6.45, 7) is 4.14. The zero-order valence-electron chi connectivity index (χ0n) is 12.8. The van der Waals surface area contributed by atoms with E-state index in [1.165, 1.54) is 0 Å². The van der Waals surface area contributed by atoms with Crippen molar-refractivity contribution in [1.29, 1.82) is 0 Å². The van der Waals surface area contributed by atoms with E-state index in [9.17, 15) is 4.79 Å². The van der Waals surface area contributed by atoms with Crippen LogP contribution in [0, 0.1) is 12.3 Å². The van der Waals surface area contributed by atoms with Crippen molar-refractivity contribution in [2.45, 2.75) is 19.8 Å². The van der Waals surface area contributed by atoms with E-state index in [-0.39, 0.29) is 12.5 Å². The molecule has 0 aliphatic heterocycles. The summed E-state index contributed by atoms with van der Waals surface area (Å²) in [6.07, 6.45) is 5.34. The summed E-state index contributed by atoms with van der Waals surface area (Å²) >= 11 is 0. The lowest BCUT2D eigenvalue weighted by atomic mass is 10.0. The van der Waals surface area contributed by atoms with Crippen LogP contribution in [0.15, 0.2) is 48.5 Å². The maximum atomic E-state index is 12.0. The Bertz CT molecular complexity index is 699. The van der Waals surface area contributed by atoms with E-state index in [0.29, 0.717) is 11.6 Å². The maximum Gasteiger partial charge on any atom is 0.262 e. The molecule has 0 atom stereocenters. The van der Waals surface area contributed by atoms with Gasteiger partial charge in [-0.05, 0) is 35.7 Å². The van der Waals surface area contributed by atoms with Crippen LogP contribution in [0.2, 0.25) is 0 Å². The van der Waals surface area contributed by atoms with Crippen LogP contribution in [-0.4, -0.2) is 12.5 Å². The van der Waals surface area contributed by atoms with E-state index in [1.807, 2.05) is 30.3 Å². The molecule has 2 rings (SSSR count). The fraction of sp³-hybridized carbons (Fsp3) is 0.211. The van der Waals surface area contributed by atoms with Crippen molar-refractivity contribution in [2.24, 2.45) is 0 Å².